The summed E-state index contributed by atoms with van der Waals surface area (Å²) in [5, 5.41) is 4.27. The molecule has 7 heteroatoms. The molecule has 0 heterocycles. The van der Waals surface area contributed by atoms with Gasteiger partial charge in [0.2, 0.25) is 6.10 Å². The minimum Gasteiger partial charge on any atom is -0.493 e. The van der Waals surface area contributed by atoms with Gasteiger partial charge in [-0.1, -0.05) is 35.0 Å². The fourth-order valence-electron chi connectivity index (χ4n) is 2.29. The standard InChI is InChI=1S/C19H21ClN2O4/c1-13(19(23)22(2)15-8-6-5-7-9-15)26-21-12-14-10-16(20)18(25-4)17(11-14)24-3/h5-13H,1-4H3/b21-12+. The third-order valence-corrected chi connectivity index (χ3v) is 3.98. The molecule has 2 rings (SSSR count). The maximum absolute atomic E-state index is 12.4. The SMILES string of the molecule is COc1cc(/C=N/OC(C)C(=O)N(C)c2ccccc2)cc(Cl)c1OC. The zero-order valence-corrected chi connectivity index (χ0v) is 15.9. The van der Waals surface area contributed by atoms with Crippen LogP contribution < -0.4 is 14.4 Å². The van der Waals surface area contributed by atoms with E-state index >= 15 is 0 Å². The number of oxime groups is 1. The minimum absolute atomic E-state index is 0.210. The van der Waals surface area contributed by atoms with Gasteiger partial charge in [-0.25, -0.2) is 0 Å². The van der Waals surface area contributed by atoms with Crippen molar-refractivity contribution in [3.63, 3.8) is 0 Å². The van der Waals surface area contributed by atoms with Crippen LogP contribution in [0.2, 0.25) is 5.02 Å². The molecule has 0 bridgehead atoms. The van der Waals surface area contributed by atoms with Crippen molar-refractivity contribution in [2.75, 3.05) is 26.2 Å². The normalized spacial score (nSPS) is 11.9. The largest absolute Gasteiger partial charge is 0.493 e. The number of para-hydroxylation sites is 1. The molecule has 0 radical (unpaired) electrons. The summed E-state index contributed by atoms with van der Waals surface area (Å²) in [7, 11) is 4.72. The summed E-state index contributed by atoms with van der Waals surface area (Å²) in [6.07, 6.45) is 0.715. The van der Waals surface area contributed by atoms with Crippen molar-refractivity contribution in [2.24, 2.45) is 5.16 Å². The van der Waals surface area contributed by atoms with Crippen LogP contribution in [0.4, 0.5) is 5.69 Å². The van der Waals surface area contributed by atoms with Crippen molar-refractivity contribution in [3.8, 4) is 11.5 Å². The molecule has 0 saturated carbocycles. The van der Waals surface area contributed by atoms with Crippen molar-refractivity contribution in [3.05, 3.63) is 53.1 Å². The molecule has 138 valence electrons. The van der Waals surface area contributed by atoms with E-state index in [1.54, 1.807) is 26.1 Å². The van der Waals surface area contributed by atoms with Gasteiger partial charge in [-0.15, -0.1) is 0 Å². The van der Waals surface area contributed by atoms with Crippen molar-refractivity contribution < 1.29 is 19.1 Å². The first-order valence-corrected chi connectivity index (χ1v) is 8.29. The fraction of sp³-hybridized carbons (Fsp3) is 0.263. The van der Waals surface area contributed by atoms with E-state index in [-0.39, 0.29) is 5.91 Å². The van der Waals surface area contributed by atoms with E-state index in [0.29, 0.717) is 22.1 Å². The van der Waals surface area contributed by atoms with E-state index in [2.05, 4.69) is 5.16 Å². The molecule has 1 amide bonds. The number of nitrogens with zero attached hydrogens (tertiary/aromatic N) is 2. The van der Waals surface area contributed by atoms with Crippen molar-refractivity contribution in [1.29, 1.82) is 0 Å². The van der Waals surface area contributed by atoms with Gasteiger partial charge in [0, 0.05) is 18.3 Å². The number of carbonyl (C=O) groups excluding carboxylic acids is 1. The molecule has 0 aliphatic carbocycles. The summed E-state index contributed by atoms with van der Waals surface area (Å²) in [5.74, 6) is 0.716. The number of halogens is 1. The van der Waals surface area contributed by atoms with E-state index < -0.39 is 6.10 Å². The zero-order chi connectivity index (χ0) is 19.1. The molecular formula is C19H21ClN2O4. The number of benzene rings is 2. The topological polar surface area (TPSA) is 60.4 Å². The second-order valence-electron chi connectivity index (χ2n) is 5.45. The Hall–Kier alpha value is -2.73. The average Bonchev–Trinajstić information content (AvgIpc) is 2.66. The quantitative estimate of drug-likeness (QED) is 0.545. The molecule has 26 heavy (non-hydrogen) atoms. The highest BCUT2D eigenvalue weighted by atomic mass is 35.5. The highest BCUT2D eigenvalue weighted by Crippen LogP contribution is 2.35. The number of methoxy groups -OCH3 is 2. The molecule has 0 aliphatic rings. The summed E-state index contributed by atoms with van der Waals surface area (Å²) < 4.78 is 10.4. The van der Waals surface area contributed by atoms with Crippen LogP contribution in [0, 0.1) is 0 Å². The van der Waals surface area contributed by atoms with Crippen LogP contribution in [0.15, 0.2) is 47.6 Å². The number of carbonyl (C=O) groups is 1. The fourth-order valence-corrected chi connectivity index (χ4v) is 2.59. The monoisotopic (exact) mass is 376 g/mol. The number of anilines is 1. The van der Waals surface area contributed by atoms with Gasteiger partial charge < -0.3 is 19.2 Å². The van der Waals surface area contributed by atoms with E-state index in [1.165, 1.54) is 25.3 Å². The highest BCUT2D eigenvalue weighted by molar-refractivity contribution is 6.32. The van der Waals surface area contributed by atoms with Gasteiger partial charge in [-0.05, 0) is 31.2 Å². The maximum atomic E-state index is 12.4. The molecule has 0 aliphatic heterocycles. The maximum Gasteiger partial charge on any atom is 0.270 e. The third-order valence-electron chi connectivity index (χ3n) is 3.70. The lowest BCUT2D eigenvalue weighted by molar-refractivity contribution is -0.128. The van der Waals surface area contributed by atoms with Crippen LogP contribution in [0.5, 0.6) is 11.5 Å². The number of hydrogen-bond acceptors (Lipinski definition) is 5. The van der Waals surface area contributed by atoms with Crippen molar-refractivity contribution >= 4 is 29.4 Å². The van der Waals surface area contributed by atoms with Gasteiger partial charge in [0.05, 0.1) is 25.5 Å². The lowest BCUT2D eigenvalue weighted by Crippen LogP contribution is -2.35. The van der Waals surface area contributed by atoms with Gasteiger partial charge in [-0.2, -0.15) is 0 Å². The van der Waals surface area contributed by atoms with E-state index in [1.807, 2.05) is 30.3 Å². The first kappa shape index (κ1) is 19.6. The Morgan fingerprint density at radius 1 is 1.19 bits per heavy atom. The summed E-state index contributed by atoms with van der Waals surface area (Å²) >= 11 is 6.15. The van der Waals surface area contributed by atoms with Gasteiger partial charge in [0.1, 0.15) is 0 Å². The average molecular weight is 377 g/mol. The highest BCUT2D eigenvalue weighted by Gasteiger charge is 2.20. The Morgan fingerprint density at radius 3 is 2.50 bits per heavy atom. The summed E-state index contributed by atoms with van der Waals surface area (Å²) in [5.41, 5.74) is 1.44. The molecule has 0 aromatic heterocycles. The summed E-state index contributed by atoms with van der Waals surface area (Å²) in [4.78, 5) is 19.2. The van der Waals surface area contributed by atoms with Gasteiger partial charge in [0.15, 0.2) is 11.5 Å². The van der Waals surface area contributed by atoms with Crippen molar-refractivity contribution in [2.45, 2.75) is 13.0 Å². The smallest absolute Gasteiger partial charge is 0.270 e. The summed E-state index contributed by atoms with van der Waals surface area (Å²) in [6.45, 7) is 1.64. The van der Waals surface area contributed by atoms with E-state index in [9.17, 15) is 4.79 Å². The number of rotatable bonds is 7. The minimum atomic E-state index is -0.743. The van der Waals surface area contributed by atoms with Crippen LogP contribution >= 0.6 is 11.6 Å². The predicted molar refractivity (Wildman–Crippen MR) is 103 cm³/mol. The second-order valence-corrected chi connectivity index (χ2v) is 5.86. The Morgan fingerprint density at radius 2 is 1.88 bits per heavy atom. The van der Waals surface area contributed by atoms with Crippen LogP contribution in [0.25, 0.3) is 0 Å². The van der Waals surface area contributed by atoms with Gasteiger partial charge in [0.25, 0.3) is 5.91 Å². The molecule has 0 spiro atoms. The van der Waals surface area contributed by atoms with E-state index in [4.69, 9.17) is 25.9 Å². The first-order chi connectivity index (χ1) is 12.5. The summed E-state index contributed by atoms with van der Waals surface area (Å²) in [6, 6.07) is 12.7. The zero-order valence-electron chi connectivity index (χ0n) is 15.1. The number of ether oxygens (including phenoxy) is 2. The lowest BCUT2D eigenvalue weighted by atomic mass is 10.2. The molecular weight excluding hydrogens is 356 g/mol. The molecule has 1 atom stereocenters. The van der Waals surface area contributed by atoms with Gasteiger partial charge >= 0.3 is 0 Å². The van der Waals surface area contributed by atoms with Crippen molar-refractivity contribution in [1.82, 2.24) is 0 Å². The van der Waals surface area contributed by atoms with Crippen LogP contribution in [0.1, 0.15) is 12.5 Å². The number of amides is 1. The molecule has 2 aromatic carbocycles. The Balaban J connectivity index is 2.03. The number of hydrogen-bond donors (Lipinski definition) is 0. The van der Waals surface area contributed by atoms with Crippen LogP contribution in [-0.2, 0) is 9.63 Å². The molecule has 0 saturated heterocycles. The Labute approximate surface area is 157 Å². The van der Waals surface area contributed by atoms with Crippen LogP contribution in [0.3, 0.4) is 0 Å². The Bertz CT molecular complexity index is 781. The molecule has 2 aromatic rings. The predicted octanol–water partition coefficient (Wildman–Crippen LogP) is 3.76. The van der Waals surface area contributed by atoms with E-state index in [0.717, 1.165) is 5.69 Å². The number of likely N-dealkylation sites (N-methyl/N-ethyl adjacent to an activating group) is 1. The first-order valence-electron chi connectivity index (χ1n) is 7.91. The molecule has 0 fully saturated rings. The Kier molecular flexibility index (Phi) is 6.86. The third kappa shape index (κ3) is 4.67. The molecule has 1 unspecified atom stereocenters. The lowest BCUT2D eigenvalue weighted by Gasteiger charge is -2.20. The molecule has 0 N–H and O–H groups in total. The molecule has 6 nitrogen and oxygen atoms in total. The second kappa shape index (κ2) is 9.10. The van der Waals surface area contributed by atoms with Crippen LogP contribution in [-0.4, -0.2) is 39.5 Å². The van der Waals surface area contributed by atoms with Gasteiger partial charge in [-0.3, -0.25) is 4.79 Å².